The van der Waals surface area contributed by atoms with Crippen LogP contribution in [0.3, 0.4) is 0 Å². The van der Waals surface area contributed by atoms with Crippen molar-refractivity contribution in [2.24, 2.45) is 0 Å². The molecule has 4 nitrogen and oxygen atoms in total. The zero-order chi connectivity index (χ0) is 13.7. The summed E-state index contributed by atoms with van der Waals surface area (Å²) in [5.74, 6) is 0.166. The molecule has 2 heterocycles. The molecule has 19 heavy (non-hydrogen) atoms. The number of carbonyl (C=O) groups is 1. The Kier molecular flexibility index (Phi) is 4.66. The molecule has 0 saturated carbocycles. The van der Waals surface area contributed by atoms with E-state index in [0.29, 0.717) is 12.0 Å². The first-order chi connectivity index (χ1) is 9.26. The van der Waals surface area contributed by atoms with Gasteiger partial charge in [-0.15, -0.1) is 0 Å². The number of hydrogen-bond donors (Lipinski definition) is 0. The number of nitrogens with zero attached hydrogens (tertiary/aromatic N) is 3. The van der Waals surface area contributed by atoms with Crippen LogP contribution in [-0.2, 0) is 6.54 Å². The van der Waals surface area contributed by atoms with Gasteiger partial charge in [-0.3, -0.25) is 4.79 Å². The number of aromatic nitrogens is 3. The second-order valence-electron chi connectivity index (χ2n) is 4.88. The highest BCUT2D eigenvalue weighted by molar-refractivity contribution is 5.97. The number of unbranched alkanes of at least 4 members (excludes halogenated alkanes) is 2. The SMILES string of the molecule is CCCCC(=O)c1cnc2c(c1)ncn2CCCC. The van der Waals surface area contributed by atoms with Gasteiger partial charge in [0.2, 0.25) is 0 Å². The fourth-order valence-electron chi connectivity index (χ4n) is 2.08. The Labute approximate surface area is 113 Å². The molecular weight excluding hydrogens is 238 g/mol. The van der Waals surface area contributed by atoms with E-state index in [0.717, 1.165) is 43.4 Å². The Balaban J connectivity index is 2.20. The van der Waals surface area contributed by atoms with Crippen LogP contribution in [0, 0.1) is 0 Å². The largest absolute Gasteiger partial charge is 0.315 e. The summed E-state index contributed by atoms with van der Waals surface area (Å²) >= 11 is 0. The predicted octanol–water partition coefficient (Wildman–Crippen LogP) is 3.60. The molecule has 0 amide bonds. The average Bonchev–Trinajstić information content (AvgIpc) is 2.84. The molecule has 0 bridgehead atoms. The summed E-state index contributed by atoms with van der Waals surface area (Å²) in [4.78, 5) is 20.7. The number of pyridine rings is 1. The molecule has 0 atom stereocenters. The lowest BCUT2D eigenvalue weighted by Crippen LogP contribution is -2.01. The maximum atomic E-state index is 12.0. The number of fused-ring (bicyclic) bond motifs is 1. The standard InChI is InChI=1S/C15H21N3O/c1-3-5-7-14(19)12-9-13-15(16-10-12)18(11-17-13)8-6-4-2/h9-11H,3-8H2,1-2H3. The van der Waals surface area contributed by atoms with Crippen LogP contribution in [0.25, 0.3) is 11.2 Å². The van der Waals surface area contributed by atoms with Crippen LogP contribution in [0.2, 0.25) is 0 Å². The highest BCUT2D eigenvalue weighted by atomic mass is 16.1. The first-order valence-corrected chi connectivity index (χ1v) is 7.10. The van der Waals surface area contributed by atoms with E-state index in [9.17, 15) is 4.79 Å². The molecule has 2 rings (SSSR count). The van der Waals surface area contributed by atoms with Gasteiger partial charge in [-0.05, 0) is 18.9 Å². The maximum absolute atomic E-state index is 12.0. The van der Waals surface area contributed by atoms with Gasteiger partial charge < -0.3 is 4.57 Å². The molecular formula is C15H21N3O. The summed E-state index contributed by atoms with van der Waals surface area (Å²) in [5, 5.41) is 0. The van der Waals surface area contributed by atoms with Crippen LogP contribution in [-0.4, -0.2) is 20.3 Å². The Morgan fingerprint density at radius 2 is 2.00 bits per heavy atom. The molecule has 0 aliphatic rings. The lowest BCUT2D eigenvalue weighted by atomic mass is 10.1. The van der Waals surface area contributed by atoms with E-state index in [1.807, 2.05) is 12.4 Å². The van der Waals surface area contributed by atoms with Crippen molar-refractivity contribution < 1.29 is 4.79 Å². The van der Waals surface area contributed by atoms with Crippen molar-refractivity contribution in [2.75, 3.05) is 0 Å². The fraction of sp³-hybridized carbons (Fsp3) is 0.533. The number of ketones is 1. The first kappa shape index (κ1) is 13.7. The second-order valence-corrected chi connectivity index (χ2v) is 4.88. The summed E-state index contributed by atoms with van der Waals surface area (Å²) in [6.45, 7) is 5.18. The Bertz CT molecular complexity index is 560. The van der Waals surface area contributed by atoms with Crippen molar-refractivity contribution in [3.63, 3.8) is 0 Å². The predicted molar refractivity (Wildman–Crippen MR) is 76.3 cm³/mol. The summed E-state index contributed by atoms with van der Waals surface area (Å²) < 4.78 is 2.05. The third kappa shape index (κ3) is 3.19. The van der Waals surface area contributed by atoms with Gasteiger partial charge in [0.05, 0.1) is 6.33 Å². The molecule has 0 fully saturated rings. The van der Waals surface area contributed by atoms with Crippen molar-refractivity contribution in [1.29, 1.82) is 0 Å². The van der Waals surface area contributed by atoms with E-state index in [4.69, 9.17) is 0 Å². The molecule has 2 aromatic rings. The quantitative estimate of drug-likeness (QED) is 0.714. The van der Waals surface area contributed by atoms with Crippen LogP contribution in [0.15, 0.2) is 18.6 Å². The summed E-state index contributed by atoms with van der Waals surface area (Å²) in [7, 11) is 0. The zero-order valence-corrected chi connectivity index (χ0v) is 11.7. The van der Waals surface area contributed by atoms with Gasteiger partial charge in [0.25, 0.3) is 0 Å². The molecule has 4 heteroatoms. The van der Waals surface area contributed by atoms with Gasteiger partial charge in [-0.25, -0.2) is 9.97 Å². The van der Waals surface area contributed by atoms with E-state index < -0.39 is 0 Å². The average molecular weight is 259 g/mol. The Hall–Kier alpha value is -1.71. The molecule has 0 saturated heterocycles. The van der Waals surface area contributed by atoms with Gasteiger partial charge >= 0.3 is 0 Å². The smallest absolute Gasteiger partial charge is 0.164 e. The molecule has 0 unspecified atom stereocenters. The lowest BCUT2D eigenvalue weighted by Gasteiger charge is -2.03. The summed E-state index contributed by atoms with van der Waals surface area (Å²) in [6.07, 6.45) is 8.32. The van der Waals surface area contributed by atoms with Crippen molar-refractivity contribution in [3.8, 4) is 0 Å². The molecule has 102 valence electrons. The van der Waals surface area contributed by atoms with Crippen LogP contribution < -0.4 is 0 Å². The minimum absolute atomic E-state index is 0.166. The molecule has 0 aliphatic heterocycles. The minimum Gasteiger partial charge on any atom is -0.315 e. The van der Waals surface area contributed by atoms with Crippen LogP contribution >= 0.6 is 0 Å². The molecule has 0 aliphatic carbocycles. The zero-order valence-electron chi connectivity index (χ0n) is 11.7. The Morgan fingerprint density at radius 1 is 1.21 bits per heavy atom. The third-order valence-corrected chi connectivity index (χ3v) is 3.29. The second kappa shape index (κ2) is 6.45. The Morgan fingerprint density at radius 3 is 2.74 bits per heavy atom. The van der Waals surface area contributed by atoms with Crippen LogP contribution in [0.5, 0.6) is 0 Å². The maximum Gasteiger partial charge on any atom is 0.164 e. The highest BCUT2D eigenvalue weighted by Crippen LogP contribution is 2.14. The van der Waals surface area contributed by atoms with Gasteiger partial charge in [-0.1, -0.05) is 26.7 Å². The van der Waals surface area contributed by atoms with Gasteiger partial charge in [-0.2, -0.15) is 0 Å². The van der Waals surface area contributed by atoms with Crippen LogP contribution in [0.1, 0.15) is 56.3 Å². The monoisotopic (exact) mass is 259 g/mol. The first-order valence-electron chi connectivity index (χ1n) is 7.10. The van der Waals surface area contributed by atoms with Crippen molar-refractivity contribution in [2.45, 2.75) is 52.5 Å². The normalized spacial score (nSPS) is 11.1. The number of Topliss-reactive ketones (excluding diaryl/α,β-unsaturated/α-hetero) is 1. The van der Waals surface area contributed by atoms with E-state index in [-0.39, 0.29) is 5.78 Å². The topological polar surface area (TPSA) is 47.8 Å². The number of hydrogen-bond acceptors (Lipinski definition) is 3. The number of imidazole rings is 1. The van der Waals surface area contributed by atoms with Crippen molar-refractivity contribution in [1.82, 2.24) is 14.5 Å². The summed E-state index contributed by atoms with van der Waals surface area (Å²) in [5.41, 5.74) is 2.38. The third-order valence-electron chi connectivity index (χ3n) is 3.29. The number of rotatable bonds is 7. The van der Waals surface area contributed by atoms with E-state index >= 15 is 0 Å². The molecule has 0 spiro atoms. The molecule has 2 aromatic heterocycles. The van der Waals surface area contributed by atoms with Crippen LogP contribution in [0.4, 0.5) is 0 Å². The summed E-state index contributed by atoms with van der Waals surface area (Å²) in [6, 6.07) is 1.86. The van der Waals surface area contributed by atoms with E-state index in [1.165, 1.54) is 0 Å². The van der Waals surface area contributed by atoms with E-state index in [2.05, 4.69) is 28.4 Å². The van der Waals surface area contributed by atoms with Gasteiger partial charge in [0.15, 0.2) is 11.4 Å². The van der Waals surface area contributed by atoms with Crippen molar-refractivity contribution >= 4 is 16.9 Å². The number of carbonyl (C=O) groups excluding carboxylic acids is 1. The highest BCUT2D eigenvalue weighted by Gasteiger charge is 2.10. The molecule has 0 radical (unpaired) electrons. The molecule has 0 N–H and O–H groups in total. The van der Waals surface area contributed by atoms with Gasteiger partial charge in [0.1, 0.15) is 5.52 Å². The number of aryl methyl sites for hydroxylation is 1. The molecule has 0 aromatic carbocycles. The lowest BCUT2D eigenvalue weighted by molar-refractivity contribution is 0.0979. The minimum atomic E-state index is 0.166. The van der Waals surface area contributed by atoms with Gasteiger partial charge in [0, 0.05) is 24.7 Å². The van der Waals surface area contributed by atoms with Crippen molar-refractivity contribution in [3.05, 3.63) is 24.2 Å². The van der Waals surface area contributed by atoms with E-state index in [1.54, 1.807) is 6.20 Å². The fourth-order valence-corrected chi connectivity index (χ4v) is 2.08.